The summed E-state index contributed by atoms with van der Waals surface area (Å²) in [6.45, 7) is 2.35. The molecule has 34 heavy (non-hydrogen) atoms. The van der Waals surface area contributed by atoms with Crippen molar-refractivity contribution in [3.63, 3.8) is 0 Å². The molecular formula is C27H26N4O3. The Bertz CT molecular complexity index is 1370. The Morgan fingerprint density at radius 3 is 2.41 bits per heavy atom. The van der Waals surface area contributed by atoms with Crippen LogP contribution in [0.5, 0.6) is 11.5 Å². The lowest BCUT2D eigenvalue weighted by Crippen LogP contribution is -2.38. The number of ether oxygens (including phenoxy) is 2. The quantitative estimate of drug-likeness (QED) is 0.419. The molecule has 5 rings (SSSR count). The first-order chi connectivity index (χ1) is 16.5. The second kappa shape index (κ2) is 9.05. The molecule has 1 heterocycles. The lowest BCUT2D eigenvalue weighted by atomic mass is 10.0. The number of hydrogen-bond donors (Lipinski definition) is 2. The van der Waals surface area contributed by atoms with Crippen LogP contribution in [0, 0.1) is 6.92 Å². The number of rotatable bonds is 6. The van der Waals surface area contributed by atoms with Crippen LogP contribution in [-0.2, 0) is 6.61 Å². The Morgan fingerprint density at radius 2 is 1.62 bits per heavy atom. The summed E-state index contributed by atoms with van der Waals surface area (Å²) in [5, 5.41) is 5.09. The summed E-state index contributed by atoms with van der Waals surface area (Å²) in [4.78, 5) is 12.5. The maximum absolute atomic E-state index is 12.5. The largest absolute Gasteiger partial charge is 0.497 e. The molecule has 172 valence electrons. The monoisotopic (exact) mass is 454 g/mol. The number of methoxy groups -OCH3 is 1. The number of anilines is 1. The highest BCUT2D eigenvalue weighted by Crippen LogP contribution is 2.30. The van der Waals surface area contributed by atoms with E-state index in [2.05, 4.69) is 41.4 Å². The van der Waals surface area contributed by atoms with Crippen molar-refractivity contribution in [3.05, 3.63) is 90.0 Å². The minimum absolute atomic E-state index is 0.192. The van der Waals surface area contributed by atoms with Crippen LogP contribution in [0.25, 0.3) is 21.9 Å². The first-order valence-electron chi connectivity index (χ1n) is 11.0. The molecule has 4 aromatic carbocycles. The van der Waals surface area contributed by atoms with E-state index in [9.17, 15) is 4.79 Å². The van der Waals surface area contributed by atoms with Gasteiger partial charge in [0.15, 0.2) is 0 Å². The van der Waals surface area contributed by atoms with Gasteiger partial charge in [-0.1, -0.05) is 42.5 Å². The summed E-state index contributed by atoms with van der Waals surface area (Å²) >= 11 is 0. The Kier molecular flexibility index (Phi) is 5.79. The van der Waals surface area contributed by atoms with Gasteiger partial charge < -0.3 is 9.47 Å². The number of urea groups is 1. The number of carbonyl (C=O) groups is 1. The summed E-state index contributed by atoms with van der Waals surface area (Å²) in [7, 11) is 3.34. The minimum atomic E-state index is -0.192. The number of nitrogens with one attached hydrogen (secondary N) is 2. The van der Waals surface area contributed by atoms with Crippen LogP contribution in [0.15, 0.2) is 78.9 Å². The predicted molar refractivity (Wildman–Crippen MR) is 133 cm³/mol. The lowest BCUT2D eigenvalue weighted by molar-refractivity contribution is 0.214. The van der Waals surface area contributed by atoms with Crippen molar-refractivity contribution in [3.8, 4) is 22.6 Å². The van der Waals surface area contributed by atoms with E-state index in [1.54, 1.807) is 14.2 Å². The van der Waals surface area contributed by atoms with Crippen LogP contribution >= 0.6 is 0 Å². The highest BCUT2D eigenvalue weighted by atomic mass is 16.5. The fraction of sp³-hybridized carbons (Fsp3) is 0.148. The van der Waals surface area contributed by atoms with Crippen LogP contribution in [-0.4, -0.2) is 25.2 Å². The molecule has 1 fully saturated rings. The molecule has 7 heteroatoms. The van der Waals surface area contributed by atoms with E-state index in [4.69, 9.17) is 9.47 Å². The summed E-state index contributed by atoms with van der Waals surface area (Å²) in [6, 6.07) is 26.1. The number of hydrogen-bond acceptors (Lipinski definition) is 5. The molecule has 2 N–H and O–H groups in total. The average Bonchev–Trinajstić information content (AvgIpc) is 3.20. The molecule has 0 spiro atoms. The number of amides is 2. The van der Waals surface area contributed by atoms with E-state index in [0.29, 0.717) is 6.61 Å². The summed E-state index contributed by atoms with van der Waals surface area (Å²) in [5.74, 6) is 1.59. The maximum Gasteiger partial charge on any atom is 0.355 e. The van der Waals surface area contributed by atoms with Gasteiger partial charge >= 0.3 is 6.03 Å². The molecule has 1 aliphatic rings. The van der Waals surface area contributed by atoms with Crippen LogP contribution in [0.1, 0.15) is 11.1 Å². The molecule has 0 aliphatic carbocycles. The van der Waals surface area contributed by atoms with Crippen LogP contribution in [0.3, 0.4) is 0 Å². The van der Waals surface area contributed by atoms with Crippen molar-refractivity contribution >= 4 is 22.5 Å². The van der Waals surface area contributed by atoms with Crippen LogP contribution in [0.2, 0.25) is 0 Å². The molecule has 7 nitrogen and oxygen atoms in total. The van der Waals surface area contributed by atoms with Crippen molar-refractivity contribution in [2.24, 2.45) is 0 Å². The number of fused-ring (bicyclic) bond motifs is 1. The second-order valence-corrected chi connectivity index (χ2v) is 8.22. The third-order valence-electron chi connectivity index (χ3n) is 6.03. The van der Waals surface area contributed by atoms with Gasteiger partial charge in [-0.15, -0.1) is 11.1 Å². The molecule has 1 aliphatic heterocycles. The van der Waals surface area contributed by atoms with E-state index in [-0.39, 0.29) is 6.03 Å². The van der Waals surface area contributed by atoms with Crippen LogP contribution in [0.4, 0.5) is 10.5 Å². The molecule has 0 radical (unpaired) electrons. The van der Waals surface area contributed by atoms with Gasteiger partial charge in [0.2, 0.25) is 0 Å². The maximum atomic E-state index is 12.5. The summed E-state index contributed by atoms with van der Waals surface area (Å²) in [6.07, 6.45) is 0. The fourth-order valence-corrected chi connectivity index (χ4v) is 4.07. The number of hydrazine groups is 3. The average molecular weight is 455 g/mol. The van der Waals surface area contributed by atoms with Crippen molar-refractivity contribution in [2.45, 2.75) is 13.5 Å². The Hall–Kier alpha value is -4.07. The number of benzene rings is 4. The smallest absolute Gasteiger partial charge is 0.355 e. The second-order valence-electron chi connectivity index (χ2n) is 8.22. The van der Waals surface area contributed by atoms with E-state index in [0.717, 1.165) is 50.2 Å². The van der Waals surface area contributed by atoms with Crippen molar-refractivity contribution in [1.29, 1.82) is 0 Å². The zero-order valence-corrected chi connectivity index (χ0v) is 19.3. The molecule has 0 aromatic heterocycles. The van der Waals surface area contributed by atoms with Crippen LogP contribution < -0.4 is 25.6 Å². The Morgan fingerprint density at radius 1 is 0.824 bits per heavy atom. The Balaban J connectivity index is 1.41. The normalized spacial score (nSPS) is 13.6. The van der Waals surface area contributed by atoms with E-state index in [1.165, 1.54) is 10.0 Å². The molecular weight excluding hydrogens is 428 g/mol. The summed E-state index contributed by atoms with van der Waals surface area (Å²) in [5.41, 5.74) is 10.6. The van der Waals surface area contributed by atoms with Gasteiger partial charge in [-0.2, -0.15) is 0 Å². The standard InChI is InChI=1S/C27H26N4O3/c1-18-6-4-9-26(31-27(32)30(2)28-29-31)25(18)17-34-24-13-12-19-10-11-21(14-22(19)16-24)20-7-5-8-23(15-20)33-3/h4-16,28-29H,17H2,1-3H3. The van der Waals surface area contributed by atoms with Gasteiger partial charge in [-0.3, -0.25) is 0 Å². The minimum Gasteiger partial charge on any atom is -0.497 e. The first-order valence-corrected chi connectivity index (χ1v) is 11.0. The lowest BCUT2D eigenvalue weighted by Gasteiger charge is -2.20. The third-order valence-corrected chi connectivity index (χ3v) is 6.03. The third kappa shape index (κ3) is 4.14. The van der Waals surface area contributed by atoms with Crippen molar-refractivity contribution in [2.75, 3.05) is 19.2 Å². The van der Waals surface area contributed by atoms with E-state index < -0.39 is 0 Å². The van der Waals surface area contributed by atoms with Gasteiger partial charge in [-0.05, 0) is 70.8 Å². The molecule has 0 saturated carbocycles. The summed E-state index contributed by atoms with van der Waals surface area (Å²) < 4.78 is 11.6. The molecule has 2 amide bonds. The van der Waals surface area contributed by atoms with Gasteiger partial charge in [0.25, 0.3) is 0 Å². The predicted octanol–water partition coefficient (Wildman–Crippen LogP) is 5.20. The van der Waals surface area contributed by atoms with E-state index in [1.807, 2.05) is 55.5 Å². The van der Waals surface area contributed by atoms with E-state index >= 15 is 0 Å². The SMILES string of the molecule is COc1cccc(-c2ccc3ccc(OCc4c(C)cccc4N4NNN(C)C4=O)cc3c2)c1. The van der Waals surface area contributed by atoms with Crippen molar-refractivity contribution < 1.29 is 14.3 Å². The van der Waals surface area contributed by atoms with Gasteiger partial charge in [-0.25, -0.2) is 14.8 Å². The van der Waals surface area contributed by atoms with Gasteiger partial charge in [0.05, 0.1) is 12.8 Å². The highest BCUT2D eigenvalue weighted by Gasteiger charge is 2.28. The van der Waals surface area contributed by atoms with Crippen molar-refractivity contribution in [1.82, 2.24) is 16.1 Å². The topological polar surface area (TPSA) is 66.1 Å². The highest BCUT2D eigenvalue weighted by molar-refractivity contribution is 5.93. The molecule has 0 bridgehead atoms. The zero-order valence-electron chi connectivity index (χ0n) is 19.3. The zero-order chi connectivity index (χ0) is 23.7. The number of aryl methyl sites for hydroxylation is 1. The first kappa shape index (κ1) is 21.8. The van der Waals surface area contributed by atoms with Gasteiger partial charge in [0.1, 0.15) is 18.1 Å². The molecule has 0 atom stereocenters. The molecule has 4 aromatic rings. The molecule has 0 unspecified atom stereocenters. The number of nitrogens with zero attached hydrogens (tertiary/aromatic N) is 2. The molecule has 1 saturated heterocycles. The fourth-order valence-electron chi connectivity index (χ4n) is 4.07. The van der Waals surface area contributed by atoms with Gasteiger partial charge in [0, 0.05) is 12.6 Å². The number of carbonyl (C=O) groups excluding carboxylic acids is 1. The Labute approximate surface area is 198 Å².